The van der Waals surface area contributed by atoms with Gasteiger partial charge in [-0.05, 0) is 104 Å². The molecule has 0 aliphatic heterocycles. The number of benzene rings is 10. The molecule has 0 radical (unpaired) electrons. The van der Waals surface area contributed by atoms with Gasteiger partial charge in [0.2, 0.25) is 0 Å². The minimum atomic E-state index is -2.77. The molecule has 0 amide bonds. The predicted molar refractivity (Wildman–Crippen MR) is 270 cm³/mol. The van der Waals surface area contributed by atoms with Crippen LogP contribution in [-0.4, -0.2) is 12.6 Å². The first-order chi connectivity index (χ1) is 31.3. The van der Waals surface area contributed by atoms with Crippen LogP contribution < -0.4 is 25.6 Å². The summed E-state index contributed by atoms with van der Waals surface area (Å²) in [5.74, 6) is 0. The SMILES string of the molecule is c1ccc(-c2ccc(N(c3ccc(-c4ccc(-n5c6ccccc6c6ccccc65)cc4)cc3)c3cccc([Si](c4ccccc4)(c4ccccc4)c4ccccc4)c3)cc2)cc1. The van der Waals surface area contributed by atoms with E-state index < -0.39 is 8.07 Å². The van der Waals surface area contributed by atoms with Crippen molar-refractivity contribution in [1.82, 2.24) is 4.57 Å². The van der Waals surface area contributed by atoms with Crippen LogP contribution in [0.15, 0.2) is 267 Å². The first kappa shape index (κ1) is 38.0. The Morgan fingerprint density at radius 3 is 1.10 bits per heavy atom. The van der Waals surface area contributed by atoms with Gasteiger partial charge in [0.15, 0.2) is 8.07 Å². The minimum absolute atomic E-state index is 1.09. The number of para-hydroxylation sites is 2. The fourth-order valence-corrected chi connectivity index (χ4v) is 14.4. The van der Waals surface area contributed by atoms with Gasteiger partial charge in [-0.15, -0.1) is 0 Å². The Labute approximate surface area is 370 Å². The molecule has 0 aliphatic rings. The Morgan fingerprint density at radius 2 is 0.635 bits per heavy atom. The fourth-order valence-electron chi connectivity index (χ4n) is 9.63. The van der Waals surface area contributed by atoms with Crippen LogP contribution in [-0.2, 0) is 0 Å². The van der Waals surface area contributed by atoms with Crippen LogP contribution in [0.4, 0.5) is 17.1 Å². The molecule has 0 bridgehead atoms. The molecule has 0 saturated carbocycles. The minimum Gasteiger partial charge on any atom is -0.311 e. The van der Waals surface area contributed by atoms with Gasteiger partial charge in [-0.1, -0.05) is 206 Å². The molecule has 0 spiro atoms. The largest absolute Gasteiger partial charge is 0.311 e. The number of hydrogen-bond acceptors (Lipinski definition) is 1. The molecule has 11 aromatic rings. The Kier molecular flexibility index (Phi) is 9.93. The average Bonchev–Trinajstić information content (AvgIpc) is 3.71. The number of aromatic nitrogens is 1. The molecule has 1 heterocycles. The van der Waals surface area contributed by atoms with Crippen molar-refractivity contribution in [2.75, 3.05) is 4.90 Å². The quantitative estimate of drug-likeness (QED) is 0.0985. The number of hydrogen-bond donors (Lipinski definition) is 0. The summed E-state index contributed by atoms with van der Waals surface area (Å²) in [5.41, 5.74) is 11.6. The van der Waals surface area contributed by atoms with E-state index in [2.05, 4.69) is 276 Å². The first-order valence-electron chi connectivity index (χ1n) is 21.7. The van der Waals surface area contributed by atoms with E-state index >= 15 is 0 Å². The van der Waals surface area contributed by atoms with Gasteiger partial charge in [0.25, 0.3) is 0 Å². The molecule has 0 atom stereocenters. The van der Waals surface area contributed by atoms with Crippen LogP contribution in [0.5, 0.6) is 0 Å². The van der Waals surface area contributed by atoms with E-state index in [1.807, 2.05) is 0 Å². The van der Waals surface area contributed by atoms with E-state index in [0.29, 0.717) is 0 Å². The standard InChI is InChI=1S/C60H44N2Si/c1-5-18-45(19-6-1)46-32-38-49(39-33-46)61(52-20-17-27-56(44-52)63(53-21-7-2-8-22-53,54-23-9-3-10-24-54)55-25-11-4-12-26-55)50-40-34-47(35-41-50)48-36-42-51(43-37-48)62-59-30-15-13-28-57(59)58-29-14-16-31-60(58)62/h1-44H. The van der Waals surface area contributed by atoms with Crippen LogP contribution in [0.25, 0.3) is 49.7 Å². The van der Waals surface area contributed by atoms with Crippen molar-refractivity contribution in [1.29, 1.82) is 0 Å². The van der Waals surface area contributed by atoms with Gasteiger partial charge in [0.1, 0.15) is 0 Å². The molecule has 0 fully saturated rings. The third kappa shape index (κ3) is 6.86. The Bertz CT molecular complexity index is 3140. The van der Waals surface area contributed by atoms with E-state index in [1.54, 1.807) is 0 Å². The van der Waals surface area contributed by atoms with E-state index in [9.17, 15) is 0 Å². The van der Waals surface area contributed by atoms with Crippen LogP contribution in [0, 0.1) is 0 Å². The molecule has 11 rings (SSSR count). The Balaban J connectivity index is 1.02. The highest BCUT2D eigenvalue weighted by molar-refractivity contribution is 7.19. The van der Waals surface area contributed by atoms with Crippen LogP contribution in [0.3, 0.4) is 0 Å². The molecule has 2 nitrogen and oxygen atoms in total. The lowest BCUT2D eigenvalue weighted by Crippen LogP contribution is -2.74. The van der Waals surface area contributed by atoms with Crippen molar-refractivity contribution in [3.63, 3.8) is 0 Å². The molecule has 0 N–H and O–H groups in total. The van der Waals surface area contributed by atoms with Gasteiger partial charge < -0.3 is 9.47 Å². The number of rotatable bonds is 10. The summed E-state index contributed by atoms with van der Waals surface area (Å²) in [7, 11) is -2.77. The summed E-state index contributed by atoms with van der Waals surface area (Å²) >= 11 is 0. The van der Waals surface area contributed by atoms with Crippen molar-refractivity contribution in [3.05, 3.63) is 267 Å². The highest BCUT2D eigenvalue weighted by Crippen LogP contribution is 2.38. The smallest absolute Gasteiger partial charge is 0.179 e. The molecule has 10 aromatic carbocycles. The molecule has 0 saturated heterocycles. The third-order valence-corrected chi connectivity index (χ3v) is 17.3. The molecule has 298 valence electrons. The highest BCUT2D eigenvalue weighted by atomic mass is 28.3. The van der Waals surface area contributed by atoms with Gasteiger partial charge in [-0.25, -0.2) is 0 Å². The van der Waals surface area contributed by atoms with Gasteiger partial charge in [0, 0.05) is 33.5 Å². The van der Waals surface area contributed by atoms with Crippen molar-refractivity contribution >= 4 is 67.7 Å². The molecule has 63 heavy (non-hydrogen) atoms. The molecular formula is C60H44N2Si. The monoisotopic (exact) mass is 820 g/mol. The normalized spacial score (nSPS) is 11.5. The molecule has 1 aromatic heterocycles. The molecule has 0 unspecified atom stereocenters. The van der Waals surface area contributed by atoms with Crippen LogP contribution in [0.2, 0.25) is 0 Å². The van der Waals surface area contributed by atoms with Crippen molar-refractivity contribution < 1.29 is 0 Å². The van der Waals surface area contributed by atoms with Crippen LogP contribution in [0.1, 0.15) is 0 Å². The van der Waals surface area contributed by atoms with Gasteiger partial charge in [-0.2, -0.15) is 0 Å². The fraction of sp³-hybridized carbons (Fsp3) is 0. The lowest BCUT2D eigenvalue weighted by Gasteiger charge is -2.35. The van der Waals surface area contributed by atoms with Crippen molar-refractivity contribution in [2.24, 2.45) is 0 Å². The van der Waals surface area contributed by atoms with Gasteiger partial charge in [-0.3, -0.25) is 0 Å². The summed E-state index contributed by atoms with van der Waals surface area (Å²) in [6.45, 7) is 0. The second kappa shape index (κ2) is 16.5. The van der Waals surface area contributed by atoms with Crippen molar-refractivity contribution in [3.8, 4) is 27.9 Å². The number of fused-ring (bicyclic) bond motifs is 3. The zero-order valence-electron chi connectivity index (χ0n) is 34.8. The maximum Gasteiger partial charge on any atom is 0.179 e. The van der Waals surface area contributed by atoms with E-state index in [1.165, 1.54) is 64.8 Å². The number of anilines is 3. The predicted octanol–water partition coefficient (Wildman–Crippen LogP) is 13.0. The highest BCUT2D eigenvalue weighted by Gasteiger charge is 2.41. The van der Waals surface area contributed by atoms with E-state index in [0.717, 1.165) is 22.7 Å². The van der Waals surface area contributed by atoms with Gasteiger partial charge >= 0.3 is 0 Å². The molecular weight excluding hydrogens is 777 g/mol. The maximum absolute atomic E-state index is 2.77. The zero-order chi connectivity index (χ0) is 42.0. The average molecular weight is 821 g/mol. The molecule has 0 aliphatic carbocycles. The van der Waals surface area contributed by atoms with E-state index in [-0.39, 0.29) is 0 Å². The zero-order valence-corrected chi connectivity index (χ0v) is 35.8. The lowest BCUT2D eigenvalue weighted by molar-refractivity contribution is 1.18. The summed E-state index contributed by atoms with van der Waals surface area (Å²) in [4.78, 5) is 2.41. The second-order valence-corrected chi connectivity index (χ2v) is 19.9. The number of nitrogens with zero attached hydrogens (tertiary/aromatic N) is 2. The summed E-state index contributed by atoms with van der Waals surface area (Å²) in [5, 5.41) is 7.93. The van der Waals surface area contributed by atoms with E-state index in [4.69, 9.17) is 0 Å². The summed E-state index contributed by atoms with van der Waals surface area (Å²) < 4.78 is 2.37. The van der Waals surface area contributed by atoms with Crippen molar-refractivity contribution in [2.45, 2.75) is 0 Å². The Morgan fingerprint density at radius 1 is 0.270 bits per heavy atom. The second-order valence-electron chi connectivity index (χ2n) is 16.1. The summed E-state index contributed by atoms with van der Waals surface area (Å²) in [6.07, 6.45) is 0. The summed E-state index contributed by atoms with van der Waals surface area (Å²) in [6, 6.07) is 97.8. The topological polar surface area (TPSA) is 8.17 Å². The Hall–Kier alpha value is -7.98. The first-order valence-corrected chi connectivity index (χ1v) is 23.7. The third-order valence-electron chi connectivity index (χ3n) is 12.6. The van der Waals surface area contributed by atoms with Gasteiger partial charge in [0.05, 0.1) is 11.0 Å². The molecule has 3 heteroatoms. The maximum atomic E-state index is 2.45. The lowest BCUT2D eigenvalue weighted by atomic mass is 10.0. The van der Waals surface area contributed by atoms with Crippen LogP contribution >= 0.6 is 0 Å².